The summed E-state index contributed by atoms with van der Waals surface area (Å²) in [6, 6.07) is 4.70. The minimum atomic E-state index is -1.32. The van der Waals surface area contributed by atoms with Gasteiger partial charge in [-0.2, -0.15) is 0 Å². The topological polar surface area (TPSA) is 171 Å². The molecule has 10 heteroatoms. The number of hydrogen-bond acceptors (Lipinski definition) is 6. The lowest BCUT2D eigenvalue weighted by Crippen LogP contribution is -2.58. The highest BCUT2D eigenvalue weighted by molar-refractivity contribution is 5.94. The molecule has 0 aliphatic rings. The lowest BCUT2D eigenvalue weighted by atomic mass is 10.00. The van der Waals surface area contributed by atoms with E-state index in [-0.39, 0.29) is 24.7 Å². The second kappa shape index (κ2) is 13.5. The number of aliphatic hydroxyl groups is 1. The molecule has 1 aromatic carbocycles. The molecule has 0 radical (unpaired) electrons. The predicted octanol–water partition coefficient (Wildman–Crippen LogP) is -0.210. The van der Waals surface area contributed by atoms with Gasteiger partial charge in [0, 0.05) is 0 Å². The quantitative estimate of drug-likeness (QED) is 0.234. The first-order chi connectivity index (χ1) is 15.5. The first kappa shape index (κ1) is 28.1. The molecule has 4 unspecified atom stereocenters. The maximum absolute atomic E-state index is 12.7. The molecule has 33 heavy (non-hydrogen) atoms. The number of benzene rings is 1. The number of aliphatic hydroxyl groups excluding tert-OH is 1. The Hall–Kier alpha value is -2.98. The van der Waals surface area contributed by atoms with Crippen molar-refractivity contribution in [1.29, 1.82) is 0 Å². The van der Waals surface area contributed by atoms with Gasteiger partial charge in [0.15, 0.2) is 0 Å². The van der Waals surface area contributed by atoms with Crippen LogP contribution in [0.1, 0.15) is 39.7 Å². The Morgan fingerprint density at radius 3 is 1.91 bits per heavy atom. The number of carboxylic acids is 1. The zero-order valence-corrected chi connectivity index (χ0v) is 19.6. The van der Waals surface area contributed by atoms with Crippen molar-refractivity contribution in [3.63, 3.8) is 0 Å². The summed E-state index contributed by atoms with van der Waals surface area (Å²) in [4.78, 5) is 49.3. The molecule has 10 nitrogen and oxygen atoms in total. The highest BCUT2D eigenvalue weighted by Crippen LogP contribution is 2.09. The third-order valence-corrected chi connectivity index (χ3v) is 5.02. The maximum atomic E-state index is 12.7. The highest BCUT2D eigenvalue weighted by Gasteiger charge is 2.31. The molecule has 1 rings (SSSR count). The van der Waals surface area contributed by atoms with Crippen molar-refractivity contribution >= 4 is 23.7 Å². The van der Waals surface area contributed by atoms with Gasteiger partial charge >= 0.3 is 5.97 Å². The lowest BCUT2D eigenvalue weighted by Gasteiger charge is -2.26. The van der Waals surface area contributed by atoms with Crippen LogP contribution in [0.25, 0.3) is 0 Å². The fourth-order valence-corrected chi connectivity index (χ4v) is 3.18. The summed E-state index contributed by atoms with van der Waals surface area (Å²) < 4.78 is 0. The Labute approximate surface area is 194 Å². The first-order valence-electron chi connectivity index (χ1n) is 11.0. The number of nitrogens with two attached hydrogens (primary N) is 1. The Bertz CT molecular complexity index is 799. The summed E-state index contributed by atoms with van der Waals surface area (Å²) >= 11 is 0. The molecule has 0 bridgehead atoms. The number of carbonyl (C=O) groups excluding carboxylic acids is 3. The van der Waals surface area contributed by atoms with E-state index in [4.69, 9.17) is 5.73 Å². The van der Waals surface area contributed by atoms with Crippen molar-refractivity contribution in [3.05, 3.63) is 35.9 Å². The van der Waals surface area contributed by atoms with Gasteiger partial charge in [-0.05, 0) is 30.2 Å². The van der Waals surface area contributed by atoms with Crippen LogP contribution < -0.4 is 21.7 Å². The zero-order valence-electron chi connectivity index (χ0n) is 19.6. The van der Waals surface area contributed by atoms with Crippen LogP contribution in [0.3, 0.4) is 0 Å². The van der Waals surface area contributed by atoms with Crippen molar-refractivity contribution in [1.82, 2.24) is 16.0 Å². The number of nitrogens with one attached hydrogen (secondary N) is 3. The number of carboxylic acid groups (broad SMARTS) is 1. The van der Waals surface area contributed by atoms with Gasteiger partial charge in [0.2, 0.25) is 17.7 Å². The number of rotatable bonds is 13. The van der Waals surface area contributed by atoms with Crippen LogP contribution in [0.5, 0.6) is 0 Å². The van der Waals surface area contributed by atoms with E-state index < -0.39 is 54.5 Å². The molecule has 1 aromatic rings. The molecule has 0 saturated heterocycles. The second-order valence-corrected chi connectivity index (χ2v) is 8.80. The average molecular weight is 465 g/mol. The standard InChI is InChI=1S/C23H36N4O6/c1-13(2)10-17(21(30)27-19(14(3)4)23(32)33)25-22(31)18(12-28)26-20(29)16(24)11-15-8-6-5-7-9-15/h5-9,13-14,16-19,28H,10-12,24H2,1-4H3,(H,25,31)(H,26,29)(H,27,30)(H,32,33). The van der Waals surface area contributed by atoms with Crippen molar-refractivity contribution in [3.8, 4) is 0 Å². The summed E-state index contributed by atoms with van der Waals surface area (Å²) in [5, 5.41) is 26.3. The summed E-state index contributed by atoms with van der Waals surface area (Å²) in [7, 11) is 0. The number of amides is 3. The fourth-order valence-electron chi connectivity index (χ4n) is 3.18. The van der Waals surface area contributed by atoms with E-state index in [1.54, 1.807) is 13.8 Å². The smallest absolute Gasteiger partial charge is 0.326 e. The predicted molar refractivity (Wildman–Crippen MR) is 123 cm³/mol. The molecule has 0 heterocycles. The molecule has 0 saturated carbocycles. The second-order valence-electron chi connectivity index (χ2n) is 8.80. The van der Waals surface area contributed by atoms with Gasteiger partial charge in [0.25, 0.3) is 0 Å². The van der Waals surface area contributed by atoms with Gasteiger partial charge < -0.3 is 31.9 Å². The van der Waals surface area contributed by atoms with E-state index in [2.05, 4.69) is 16.0 Å². The van der Waals surface area contributed by atoms with Crippen LogP contribution in [0.4, 0.5) is 0 Å². The normalized spacial score (nSPS) is 14.8. The monoisotopic (exact) mass is 464 g/mol. The molecule has 0 spiro atoms. The summed E-state index contributed by atoms with van der Waals surface area (Å²) in [5.41, 5.74) is 6.78. The number of hydrogen-bond donors (Lipinski definition) is 6. The van der Waals surface area contributed by atoms with Gasteiger partial charge in [0.05, 0.1) is 12.6 Å². The van der Waals surface area contributed by atoms with E-state index in [0.29, 0.717) is 0 Å². The summed E-state index contributed by atoms with van der Waals surface area (Å²) in [5.74, 6) is -3.58. The Morgan fingerprint density at radius 1 is 0.879 bits per heavy atom. The minimum absolute atomic E-state index is 0.00448. The highest BCUT2D eigenvalue weighted by atomic mass is 16.4. The van der Waals surface area contributed by atoms with Gasteiger partial charge in [-0.1, -0.05) is 58.0 Å². The van der Waals surface area contributed by atoms with E-state index >= 15 is 0 Å². The van der Waals surface area contributed by atoms with Crippen LogP contribution in [0, 0.1) is 11.8 Å². The van der Waals surface area contributed by atoms with E-state index in [1.807, 2.05) is 44.2 Å². The fraction of sp³-hybridized carbons (Fsp3) is 0.565. The van der Waals surface area contributed by atoms with Crippen LogP contribution in [0.15, 0.2) is 30.3 Å². The molecular weight excluding hydrogens is 428 g/mol. The third kappa shape index (κ3) is 9.58. The van der Waals surface area contributed by atoms with Crippen molar-refractivity contribution in [2.24, 2.45) is 17.6 Å². The molecule has 184 valence electrons. The maximum Gasteiger partial charge on any atom is 0.326 e. The largest absolute Gasteiger partial charge is 0.480 e. The van der Waals surface area contributed by atoms with Crippen LogP contribution in [0.2, 0.25) is 0 Å². The minimum Gasteiger partial charge on any atom is -0.480 e. The Morgan fingerprint density at radius 2 is 1.42 bits per heavy atom. The van der Waals surface area contributed by atoms with Crippen LogP contribution in [-0.2, 0) is 25.6 Å². The van der Waals surface area contributed by atoms with Gasteiger partial charge in [-0.15, -0.1) is 0 Å². The zero-order chi connectivity index (χ0) is 25.1. The van der Waals surface area contributed by atoms with E-state index in [0.717, 1.165) is 5.56 Å². The van der Waals surface area contributed by atoms with Gasteiger partial charge in [-0.25, -0.2) is 4.79 Å². The summed E-state index contributed by atoms with van der Waals surface area (Å²) in [6.45, 7) is 6.31. The van der Waals surface area contributed by atoms with E-state index in [9.17, 15) is 29.4 Å². The lowest BCUT2D eigenvalue weighted by molar-refractivity contribution is -0.143. The van der Waals surface area contributed by atoms with Crippen molar-refractivity contribution in [2.75, 3.05) is 6.61 Å². The molecule has 0 aliphatic carbocycles. The molecule has 0 fully saturated rings. The average Bonchev–Trinajstić information content (AvgIpc) is 2.74. The van der Waals surface area contributed by atoms with Crippen molar-refractivity contribution in [2.45, 2.75) is 64.7 Å². The molecular formula is C23H36N4O6. The van der Waals surface area contributed by atoms with Crippen molar-refractivity contribution < 1.29 is 29.4 Å². The summed E-state index contributed by atoms with van der Waals surface area (Å²) in [6.07, 6.45) is 0.484. The Balaban J connectivity index is 2.83. The third-order valence-electron chi connectivity index (χ3n) is 5.02. The van der Waals surface area contributed by atoms with Crippen LogP contribution >= 0.6 is 0 Å². The molecule has 7 N–H and O–H groups in total. The van der Waals surface area contributed by atoms with E-state index in [1.165, 1.54) is 0 Å². The number of aliphatic carboxylic acids is 1. The molecule has 0 aromatic heterocycles. The number of carbonyl (C=O) groups is 4. The molecule has 0 aliphatic heterocycles. The first-order valence-corrected chi connectivity index (χ1v) is 11.0. The van der Waals surface area contributed by atoms with Crippen LogP contribution in [-0.4, -0.2) is 64.7 Å². The Kier molecular flexibility index (Phi) is 11.5. The molecule has 3 amide bonds. The van der Waals surface area contributed by atoms with Gasteiger partial charge in [0.1, 0.15) is 18.1 Å². The molecule has 4 atom stereocenters. The van der Waals surface area contributed by atoms with Gasteiger partial charge in [-0.3, -0.25) is 14.4 Å². The SMILES string of the molecule is CC(C)CC(NC(=O)C(CO)NC(=O)C(N)Cc1ccccc1)C(=O)NC(C(=O)O)C(C)C.